The molecule has 0 radical (unpaired) electrons. The van der Waals surface area contributed by atoms with Crippen molar-refractivity contribution in [1.82, 2.24) is 4.90 Å². The zero-order valence-corrected chi connectivity index (χ0v) is 12.7. The van der Waals surface area contributed by atoms with Crippen molar-refractivity contribution in [2.24, 2.45) is 5.41 Å². The minimum absolute atomic E-state index is 0.365. The van der Waals surface area contributed by atoms with Crippen molar-refractivity contribution in [3.8, 4) is 0 Å². The lowest BCUT2D eigenvalue weighted by Gasteiger charge is -2.40. The molecule has 1 saturated carbocycles. The molecule has 1 aromatic rings. The molecule has 1 aliphatic rings. The van der Waals surface area contributed by atoms with Crippen LogP contribution in [-0.2, 0) is 4.79 Å². The summed E-state index contributed by atoms with van der Waals surface area (Å²) >= 11 is 0. The molecule has 1 aromatic carbocycles. The van der Waals surface area contributed by atoms with Crippen LogP contribution in [0.15, 0.2) is 30.3 Å². The van der Waals surface area contributed by atoms with Crippen molar-refractivity contribution in [1.29, 1.82) is 0 Å². The topological polar surface area (TPSA) is 40.5 Å². The van der Waals surface area contributed by atoms with Gasteiger partial charge in [-0.1, -0.05) is 44.2 Å². The molecule has 1 N–H and O–H groups in total. The van der Waals surface area contributed by atoms with Crippen molar-refractivity contribution in [3.05, 3.63) is 35.9 Å². The third-order valence-electron chi connectivity index (χ3n) is 4.64. The Morgan fingerprint density at radius 1 is 1.25 bits per heavy atom. The van der Waals surface area contributed by atoms with E-state index in [9.17, 15) is 9.90 Å². The number of aliphatic carboxylic acids is 1. The van der Waals surface area contributed by atoms with Crippen LogP contribution in [0, 0.1) is 5.41 Å². The summed E-state index contributed by atoms with van der Waals surface area (Å²) in [6.45, 7) is 4.60. The maximum absolute atomic E-state index is 11.7. The predicted molar refractivity (Wildman–Crippen MR) is 80.6 cm³/mol. The van der Waals surface area contributed by atoms with Crippen LogP contribution < -0.4 is 0 Å². The maximum Gasteiger partial charge on any atom is 0.325 e. The highest BCUT2D eigenvalue weighted by Gasteiger charge is 2.34. The number of rotatable bonds is 4. The standard InChI is InChI=1S/C17H25NO2/c1-17(2)11-9-14(10-12-17)18(3)15(16(19)20)13-7-5-4-6-8-13/h4-8,14-15H,9-12H2,1-3H3,(H,19,20). The van der Waals surface area contributed by atoms with Gasteiger partial charge in [-0.15, -0.1) is 0 Å². The number of carbonyl (C=O) groups is 1. The lowest BCUT2D eigenvalue weighted by Crippen LogP contribution is -2.42. The Labute approximate surface area is 121 Å². The summed E-state index contributed by atoms with van der Waals surface area (Å²) < 4.78 is 0. The molecule has 1 unspecified atom stereocenters. The third-order valence-corrected chi connectivity index (χ3v) is 4.64. The minimum Gasteiger partial charge on any atom is -0.480 e. The number of benzene rings is 1. The number of hydrogen-bond acceptors (Lipinski definition) is 2. The van der Waals surface area contributed by atoms with Crippen molar-refractivity contribution in [2.45, 2.75) is 51.6 Å². The Bertz CT molecular complexity index is 445. The second kappa shape index (κ2) is 5.96. The molecule has 0 heterocycles. The number of carboxylic acid groups (broad SMARTS) is 1. The molecule has 0 amide bonds. The van der Waals surface area contributed by atoms with E-state index in [-0.39, 0.29) is 0 Å². The van der Waals surface area contributed by atoms with Crippen LogP contribution >= 0.6 is 0 Å². The van der Waals surface area contributed by atoms with Crippen molar-refractivity contribution < 1.29 is 9.90 Å². The van der Waals surface area contributed by atoms with E-state index in [1.165, 1.54) is 12.8 Å². The lowest BCUT2D eigenvalue weighted by atomic mass is 9.75. The molecule has 0 spiro atoms. The molecule has 0 saturated heterocycles. The monoisotopic (exact) mass is 275 g/mol. The van der Waals surface area contributed by atoms with Crippen LogP contribution in [0.4, 0.5) is 0 Å². The molecule has 20 heavy (non-hydrogen) atoms. The molecule has 1 atom stereocenters. The summed E-state index contributed by atoms with van der Waals surface area (Å²) in [5, 5.41) is 9.59. The molecular weight excluding hydrogens is 250 g/mol. The first kappa shape index (κ1) is 15.0. The Morgan fingerprint density at radius 3 is 2.30 bits per heavy atom. The van der Waals surface area contributed by atoms with Gasteiger partial charge in [0.05, 0.1) is 0 Å². The number of hydrogen-bond donors (Lipinski definition) is 1. The van der Waals surface area contributed by atoms with E-state index >= 15 is 0 Å². The van der Waals surface area contributed by atoms with Crippen molar-refractivity contribution in [3.63, 3.8) is 0 Å². The van der Waals surface area contributed by atoms with Crippen molar-refractivity contribution >= 4 is 5.97 Å². The quantitative estimate of drug-likeness (QED) is 0.910. The number of nitrogens with zero attached hydrogens (tertiary/aromatic N) is 1. The molecular formula is C17H25NO2. The van der Waals surface area contributed by atoms with Crippen LogP contribution in [0.1, 0.15) is 51.1 Å². The van der Waals surface area contributed by atoms with Gasteiger partial charge in [-0.2, -0.15) is 0 Å². The number of likely N-dealkylation sites (N-methyl/N-ethyl adjacent to an activating group) is 1. The van der Waals surface area contributed by atoms with Crippen LogP contribution in [0.3, 0.4) is 0 Å². The minimum atomic E-state index is -0.761. The van der Waals surface area contributed by atoms with Gasteiger partial charge in [0.15, 0.2) is 0 Å². The third kappa shape index (κ3) is 3.40. The number of carboxylic acids is 1. The lowest BCUT2D eigenvalue weighted by molar-refractivity contribution is -0.144. The largest absolute Gasteiger partial charge is 0.480 e. The van der Waals surface area contributed by atoms with E-state index in [1.54, 1.807) is 0 Å². The molecule has 0 aromatic heterocycles. The molecule has 2 rings (SSSR count). The molecule has 1 fully saturated rings. The van der Waals surface area contributed by atoms with Gasteiger partial charge >= 0.3 is 5.97 Å². The highest BCUT2D eigenvalue weighted by Crippen LogP contribution is 2.38. The van der Waals surface area contributed by atoms with Gasteiger partial charge in [-0.05, 0) is 43.7 Å². The maximum atomic E-state index is 11.7. The average Bonchev–Trinajstić information content (AvgIpc) is 2.39. The van der Waals surface area contributed by atoms with Gasteiger partial charge in [0, 0.05) is 6.04 Å². The summed E-state index contributed by atoms with van der Waals surface area (Å²) in [7, 11) is 1.95. The van der Waals surface area contributed by atoms with Crippen LogP contribution in [0.2, 0.25) is 0 Å². The fourth-order valence-corrected chi connectivity index (χ4v) is 3.19. The van der Waals surface area contributed by atoms with Crippen LogP contribution in [0.5, 0.6) is 0 Å². The highest BCUT2D eigenvalue weighted by molar-refractivity contribution is 5.75. The van der Waals surface area contributed by atoms with Gasteiger partial charge in [0.25, 0.3) is 0 Å². The fourth-order valence-electron chi connectivity index (χ4n) is 3.19. The van der Waals surface area contributed by atoms with E-state index in [2.05, 4.69) is 13.8 Å². The summed E-state index contributed by atoms with van der Waals surface area (Å²) in [5.41, 5.74) is 1.27. The Balaban J connectivity index is 2.13. The molecule has 0 bridgehead atoms. The first-order valence-electron chi connectivity index (χ1n) is 7.40. The Kier molecular flexibility index (Phi) is 4.48. The van der Waals surface area contributed by atoms with E-state index in [0.717, 1.165) is 18.4 Å². The summed E-state index contributed by atoms with van der Waals surface area (Å²) in [6.07, 6.45) is 4.51. The average molecular weight is 275 g/mol. The van der Waals surface area contributed by atoms with Gasteiger partial charge in [-0.25, -0.2) is 0 Å². The Morgan fingerprint density at radius 2 is 1.80 bits per heavy atom. The first-order valence-corrected chi connectivity index (χ1v) is 7.40. The highest BCUT2D eigenvalue weighted by atomic mass is 16.4. The second-order valence-corrected chi connectivity index (χ2v) is 6.71. The van der Waals surface area contributed by atoms with Crippen molar-refractivity contribution in [2.75, 3.05) is 7.05 Å². The normalized spacial score (nSPS) is 20.8. The van der Waals surface area contributed by atoms with Gasteiger partial charge < -0.3 is 5.11 Å². The van der Waals surface area contributed by atoms with E-state index < -0.39 is 12.0 Å². The smallest absolute Gasteiger partial charge is 0.325 e. The molecule has 3 heteroatoms. The molecule has 110 valence electrons. The van der Waals surface area contributed by atoms with E-state index in [4.69, 9.17) is 0 Å². The second-order valence-electron chi connectivity index (χ2n) is 6.71. The zero-order chi connectivity index (χ0) is 14.8. The van der Waals surface area contributed by atoms with E-state index in [0.29, 0.717) is 11.5 Å². The van der Waals surface area contributed by atoms with Gasteiger partial charge in [0.1, 0.15) is 6.04 Å². The first-order chi connectivity index (χ1) is 9.41. The summed E-state index contributed by atoms with van der Waals surface area (Å²) in [5.74, 6) is -0.761. The molecule has 3 nitrogen and oxygen atoms in total. The summed E-state index contributed by atoms with van der Waals surface area (Å²) in [6, 6.07) is 9.37. The van der Waals surface area contributed by atoms with Crippen LogP contribution in [0.25, 0.3) is 0 Å². The predicted octanol–water partition coefficient (Wildman–Crippen LogP) is 3.71. The fraction of sp³-hybridized carbons (Fsp3) is 0.588. The molecule has 0 aliphatic heterocycles. The summed E-state index contributed by atoms with van der Waals surface area (Å²) in [4.78, 5) is 13.7. The molecule has 1 aliphatic carbocycles. The van der Waals surface area contributed by atoms with Gasteiger partial charge in [0.2, 0.25) is 0 Å². The Hall–Kier alpha value is -1.35. The SMILES string of the molecule is CN(C1CCC(C)(C)CC1)C(C(=O)O)c1ccccc1. The zero-order valence-electron chi connectivity index (χ0n) is 12.7. The van der Waals surface area contributed by atoms with E-state index in [1.807, 2.05) is 42.3 Å². The van der Waals surface area contributed by atoms with Crippen LogP contribution in [-0.4, -0.2) is 29.1 Å². The van der Waals surface area contributed by atoms with Gasteiger partial charge in [-0.3, -0.25) is 9.69 Å².